The zero-order valence-electron chi connectivity index (χ0n) is 12.5. The number of halogens is 1. The minimum absolute atomic E-state index is 0. The van der Waals surface area contributed by atoms with E-state index >= 15 is 0 Å². The van der Waals surface area contributed by atoms with Crippen LogP contribution in [0, 0.1) is 0 Å². The van der Waals surface area contributed by atoms with Crippen molar-refractivity contribution >= 4 is 24.2 Å². The Hall–Kier alpha value is -1.59. The molecule has 5 nitrogen and oxygen atoms in total. The van der Waals surface area contributed by atoms with Crippen molar-refractivity contribution in [1.29, 1.82) is 0 Å². The summed E-state index contributed by atoms with van der Waals surface area (Å²) >= 11 is 0. The molecule has 0 aliphatic heterocycles. The largest absolute Gasteiger partial charge is 0.356 e. The van der Waals surface area contributed by atoms with Crippen LogP contribution in [0.3, 0.4) is 0 Å². The van der Waals surface area contributed by atoms with E-state index in [0.29, 0.717) is 6.54 Å². The van der Waals surface area contributed by atoms with E-state index in [1.165, 1.54) is 6.92 Å². The quantitative estimate of drug-likeness (QED) is 0.635. The van der Waals surface area contributed by atoms with E-state index in [1.807, 2.05) is 37.4 Å². The Morgan fingerprint density at radius 2 is 1.81 bits per heavy atom. The highest BCUT2D eigenvalue weighted by Crippen LogP contribution is 2.16. The van der Waals surface area contributed by atoms with Crippen LogP contribution in [0.4, 0.5) is 0 Å². The van der Waals surface area contributed by atoms with Gasteiger partial charge in [0.2, 0.25) is 11.8 Å². The van der Waals surface area contributed by atoms with Crippen molar-refractivity contribution in [3.63, 3.8) is 0 Å². The van der Waals surface area contributed by atoms with Crippen molar-refractivity contribution < 1.29 is 9.59 Å². The highest BCUT2D eigenvalue weighted by Gasteiger charge is 2.16. The number of hydrogen-bond donors (Lipinski definition) is 3. The molecule has 0 radical (unpaired) electrons. The molecule has 118 valence electrons. The second-order valence-electron chi connectivity index (χ2n) is 4.67. The summed E-state index contributed by atoms with van der Waals surface area (Å²) in [7, 11) is 1.88. The van der Waals surface area contributed by atoms with Crippen LogP contribution in [-0.4, -0.2) is 32.0 Å². The van der Waals surface area contributed by atoms with Crippen LogP contribution in [0.15, 0.2) is 30.3 Å². The fourth-order valence-corrected chi connectivity index (χ4v) is 1.93. The third kappa shape index (κ3) is 8.32. The van der Waals surface area contributed by atoms with Gasteiger partial charge < -0.3 is 16.0 Å². The van der Waals surface area contributed by atoms with Gasteiger partial charge >= 0.3 is 0 Å². The van der Waals surface area contributed by atoms with Crippen LogP contribution in [0.2, 0.25) is 0 Å². The highest BCUT2D eigenvalue weighted by molar-refractivity contribution is 5.85. The lowest BCUT2D eigenvalue weighted by Gasteiger charge is -2.18. The smallest absolute Gasteiger partial charge is 0.222 e. The Labute approximate surface area is 132 Å². The van der Waals surface area contributed by atoms with Crippen LogP contribution in [-0.2, 0) is 9.59 Å². The van der Waals surface area contributed by atoms with Crippen molar-refractivity contribution in [3.8, 4) is 0 Å². The lowest BCUT2D eigenvalue weighted by atomic mass is 10.0. The zero-order valence-corrected chi connectivity index (χ0v) is 13.3. The van der Waals surface area contributed by atoms with Crippen LogP contribution in [0.1, 0.15) is 31.4 Å². The highest BCUT2D eigenvalue weighted by atomic mass is 35.5. The van der Waals surface area contributed by atoms with Gasteiger partial charge in [0.1, 0.15) is 0 Å². The Morgan fingerprint density at radius 3 is 2.38 bits per heavy atom. The zero-order chi connectivity index (χ0) is 14.8. The molecular formula is C15H24ClN3O2. The molecule has 0 saturated carbocycles. The first kappa shape index (κ1) is 19.4. The molecule has 2 amide bonds. The normalized spacial score (nSPS) is 11.1. The Bertz CT molecular complexity index is 426. The molecule has 1 aromatic rings. The van der Waals surface area contributed by atoms with Crippen molar-refractivity contribution in [2.45, 2.75) is 25.8 Å². The van der Waals surface area contributed by atoms with Crippen LogP contribution in [0.25, 0.3) is 0 Å². The van der Waals surface area contributed by atoms with Crippen molar-refractivity contribution in [1.82, 2.24) is 16.0 Å². The number of carbonyl (C=O) groups excluding carboxylic acids is 2. The van der Waals surface area contributed by atoms with Crippen LogP contribution >= 0.6 is 12.4 Å². The molecule has 0 heterocycles. The summed E-state index contributed by atoms with van der Waals surface area (Å²) in [6, 6.07) is 9.25. The maximum absolute atomic E-state index is 11.9. The van der Waals surface area contributed by atoms with Gasteiger partial charge in [-0.25, -0.2) is 0 Å². The molecule has 21 heavy (non-hydrogen) atoms. The average Bonchev–Trinajstić information content (AvgIpc) is 2.43. The van der Waals surface area contributed by atoms with Crippen molar-refractivity contribution in [2.75, 3.05) is 20.1 Å². The molecule has 0 aliphatic carbocycles. The number of carbonyl (C=O) groups is 2. The fourth-order valence-electron chi connectivity index (χ4n) is 1.93. The molecule has 0 saturated heterocycles. The van der Waals surface area contributed by atoms with E-state index in [2.05, 4.69) is 16.0 Å². The average molecular weight is 314 g/mol. The lowest BCUT2D eigenvalue weighted by molar-refractivity contribution is -0.122. The summed E-state index contributed by atoms with van der Waals surface area (Å²) in [4.78, 5) is 23.1. The molecule has 1 atom stereocenters. The van der Waals surface area contributed by atoms with Crippen molar-refractivity contribution in [3.05, 3.63) is 35.9 Å². The van der Waals surface area contributed by atoms with Gasteiger partial charge in [0.15, 0.2) is 0 Å². The van der Waals surface area contributed by atoms with Gasteiger partial charge in [-0.3, -0.25) is 9.59 Å². The van der Waals surface area contributed by atoms with E-state index < -0.39 is 0 Å². The number of hydrogen-bond acceptors (Lipinski definition) is 3. The van der Waals surface area contributed by atoms with Gasteiger partial charge in [0, 0.05) is 13.5 Å². The Balaban J connectivity index is 0.00000400. The number of nitrogens with one attached hydrogen (secondary N) is 3. The summed E-state index contributed by atoms with van der Waals surface area (Å²) < 4.78 is 0. The molecule has 0 fully saturated rings. The van der Waals surface area contributed by atoms with Gasteiger partial charge in [0.05, 0.1) is 12.5 Å². The summed E-state index contributed by atoms with van der Waals surface area (Å²) in [6.07, 6.45) is 1.14. The molecule has 0 bridgehead atoms. The number of amides is 2. The van der Waals surface area contributed by atoms with E-state index in [4.69, 9.17) is 0 Å². The lowest BCUT2D eigenvalue weighted by Crippen LogP contribution is -2.33. The SMILES string of the molecule is CNCCCNC(=O)CC(NC(C)=O)c1ccccc1.Cl. The van der Waals surface area contributed by atoms with E-state index in [1.54, 1.807) is 0 Å². The topological polar surface area (TPSA) is 70.2 Å². The molecule has 1 unspecified atom stereocenters. The maximum atomic E-state index is 11.9. The predicted octanol–water partition coefficient (Wildman–Crippen LogP) is 1.40. The molecule has 0 spiro atoms. The van der Waals surface area contributed by atoms with Gasteiger partial charge in [-0.2, -0.15) is 0 Å². The molecule has 0 aliphatic rings. The first-order chi connectivity index (χ1) is 9.63. The number of benzene rings is 1. The Morgan fingerprint density at radius 1 is 1.14 bits per heavy atom. The standard InChI is InChI=1S/C15H23N3O2.ClH/c1-12(19)18-14(13-7-4-3-5-8-13)11-15(20)17-10-6-9-16-2;/h3-5,7-8,14,16H,6,9-11H2,1-2H3,(H,17,20)(H,18,19);1H. The predicted molar refractivity (Wildman–Crippen MR) is 86.4 cm³/mol. The van der Waals surface area contributed by atoms with Crippen LogP contribution < -0.4 is 16.0 Å². The first-order valence-electron chi connectivity index (χ1n) is 6.87. The van der Waals surface area contributed by atoms with Gasteiger partial charge in [-0.05, 0) is 25.6 Å². The summed E-state index contributed by atoms with van der Waals surface area (Å²) in [6.45, 7) is 2.97. The summed E-state index contributed by atoms with van der Waals surface area (Å²) in [5, 5.41) is 8.70. The maximum Gasteiger partial charge on any atom is 0.222 e. The minimum Gasteiger partial charge on any atom is -0.356 e. The molecule has 1 rings (SSSR count). The molecule has 1 aromatic carbocycles. The molecule has 6 heteroatoms. The minimum atomic E-state index is -0.280. The van der Waals surface area contributed by atoms with Gasteiger partial charge in [-0.1, -0.05) is 30.3 Å². The summed E-state index contributed by atoms with van der Waals surface area (Å²) in [5.41, 5.74) is 0.938. The van der Waals surface area contributed by atoms with Gasteiger partial charge in [-0.15, -0.1) is 12.4 Å². The fraction of sp³-hybridized carbons (Fsp3) is 0.467. The second kappa shape index (κ2) is 11.1. The summed E-state index contributed by atoms with van der Waals surface area (Å²) in [5.74, 6) is -0.189. The Kier molecular flexibility index (Phi) is 10.3. The third-order valence-electron chi connectivity index (χ3n) is 2.89. The monoisotopic (exact) mass is 313 g/mol. The molecule has 0 aromatic heterocycles. The number of rotatable bonds is 8. The van der Waals surface area contributed by atoms with E-state index in [0.717, 1.165) is 18.5 Å². The molecule has 3 N–H and O–H groups in total. The van der Waals surface area contributed by atoms with E-state index in [9.17, 15) is 9.59 Å². The molecular weight excluding hydrogens is 290 g/mol. The van der Waals surface area contributed by atoms with Crippen molar-refractivity contribution in [2.24, 2.45) is 0 Å². The first-order valence-corrected chi connectivity index (χ1v) is 6.87. The second-order valence-corrected chi connectivity index (χ2v) is 4.67. The van der Waals surface area contributed by atoms with Crippen LogP contribution in [0.5, 0.6) is 0 Å². The van der Waals surface area contributed by atoms with E-state index in [-0.39, 0.29) is 36.7 Å². The van der Waals surface area contributed by atoms with Gasteiger partial charge in [0.25, 0.3) is 0 Å². The third-order valence-corrected chi connectivity index (χ3v) is 2.89.